The van der Waals surface area contributed by atoms with E-state index in [0.717, 1.165) is 11.1 Å². The lowest BCUT2D eigenvalue weighted by atomic mass is 10.1. The van der Waals surface area contributed by atoms with Gasteiger partial charge in [-0.3, -0.25) is 4.79 Å². The molecule has 138 valence electrons. The minimum Gasteiger partial charge on any atom is -0.477 e. The van der Waals surface area contributed by atoms with Crippen LogP contribution in [0.15, 0.2) is 36.4 Å². The van der Waals surface area contributed by atoms with Gasteiger partial charge in [-0.05, 0) is 56.2 Å². The Morgan fingerprint density at radius 1 is 1.15 bits per heavy atom. The molecule has 0 aliphatic heterocycles. The first-order valence-corrected chi connectivity index (χ1v) is 8.68. The van der Waals surface area contributed by atoms with Crippen LogP contribution in [0.3, 0.4) is 0 Å². The van der Waals surface area contributed by atoms with E-state index in [9.17, 15) is 9.59 Å². The molecule has 0 fully saturated rings. The summed E-state index contributed by atoms with van der Waals surface area (Å²) in [5.74, 6) is -0.795. The van der Waals surface area contributed by atoms with Crippen LogP contribution in [-0.4, -0.2) is 24.6 Å². The molecular weight excluding hydrogens is 377 g/mol. The smallest absolute Gasteiger partial charge is 0.347 e. The molecule has 2 aromatic carbocycles. The molecule has 0 spiro atoms. The number of hydrogen-bond donors (Lipinski definition) is 1. The van der Waals surface area contributed by atoms with Gasteiger partial charge in [0.25, 0.3) is 5.91 Å². The number of hydrogen-bond acceptors (Lipinski definition) is 4. The zero-order chi connectivity index (χ0) is 19.3. The quantitative estimate of drug-likeness (QED) is 0.728. The number of halogens is 2. The zero-order valence-corrected chi connectivity index (χ0v) is 16.1. The van der Waals surface area contributed by atoms with Gasteiger partial charge in [-0.2, -0.15) is 0 Å². The third kappa shape index (κ3) is 5.38. The Morgan fingerprint density at radius 3 is 2.58 bits per heavy atom. The van der Waals surface area contributed by atoms with Crippen molar-refractivity contribution in [2.45, 2.75) is 26.9 Å². The number of ether oxygens (including phenoxy) is 2. The van der Waals surface area contributed by atoms with Crippen LogP contribution in [0.25, 0.3) is 0 Å². The molecule has 2 rings (SSSR count). The predicted octanol–water partition coefficient (Wildman–Crippen LogP) is 4.56. The summed E-state index contributed by atoms with van der Waals surface area (Å²) in [7, 11) is 0. The molecule has 0 bridgehead atoms. The molecule has 2 aromatic rings. The summed E-state index contributed by atoms with van der Waals surface area (Å²) in [6.45, 7) is 4.96. The van der Waals surface area contributed by atoms with Crippen molar-refractivity contribution >= 4 is 40.8 Å². The first-order valence-electron chi connectivity index (χ1n) is 7.92. The number of nitrogens with one attached hydrogen (secondary N) is 1. The molecular formula is C19H19Cl2NO4. The highest BCUT2D eigenvalue weighted by Gasteiger charge is 2.19. The Kier molecular flexibility index (Phi) is 6.89. The zero-order valence-electron chi connectivity index (χ0n) is 14.6. The number of amides is 1. The summed E-state index contributed by atoms with van der Waals surface area (Å²) in [5.41, 5.74) is 2.70. The van der Waals surface area contributed by atoms with Gasteiger partial charge in [-0.15, -0.1) is 0 Å². The van der Waals surface area contributed by atoms with Crippen molar-refractivity contribution in [1.29, 1.82) is 0 Å². The monoisotopic (exact) mass is 395 g/mol. The normalized spacial score (nSPS) is 11.6. The van der Waals surface area contributed by atoms with E-state index in [1.807, 2.05) is 26.0 Å². The lowest BCUT2D eigenvalue weighted by molar-refractivity contribution is -0.153. The third-order valence-electron chi connectivity index (χ3n) is 3.75. The predicted molar refractivity (Wildman–Crippen MR) is 102 cm³/mol. The minimum atomic E-state index is -0.929. The van der Waals surface area contributed by atoms with Gasteiger partial charge in [0.1, 0.15) is 5.75 Å². The lowest BCUT2D eigenvalue weighted by Gasteiger charge is -2.15. The number of aryl methyl sites for hydroxylation is 1. The summed E-state index contributed by atoms with van der Waals surface area (Å²) in [5, 5.41) is 3.46. The number of carbonyl (C=O) groups is 2. The molecule has 0 saturated carbocycles. The second-order valence-corrected chi connectivity index (χ2v) is 6.58. The Balaban J connectivity index is 1.87. The molecule has 0 aromatic heterocycles. The summed E-state index contributed by atoms with van der Waals surface area (Å²) in [6.07, 6.45) is -0.929. The summed E-state index contributed by atoms with van der Waals surface area (Å²) < 4.78 is 10.4. The second kappa shape index (κ2) is 8.92. The Labute approximate surface area is 162 Å². The average Bonchev–Trinajstić information content (AvgIpc) is 2.59. The van der Waals surface area contributed by atoms with Gasteiger partial charge in [0, 0.05) is 10.7 Å². The van der Waals surface area contributed by atoms with Crippen molar-refractivity contribution in [2.75, 3.05) is 11.9 Å². The molecule has 1 unspecified atom stereocenters. The van der Waals surface area contributed by atoms with E-state index in [2.05, 4.69) is 5.32 Å². The number of esters is 1. The van der Waals surface area contributed by atoms with Crippen molar-refractivity contribution in [3.63, 3.8) is 0 Å². The van der Waals surface area contributed by atoms with Gasteiger partial charge in [0.05, 0.1) is 5.02 Å². The first kappa shape index (κ1) is 20.1. The molecule has 0 aliphatic carbocycles. The van der Waals surface area contributed by atoms with Crippen LogP contribution in [0.4, 0.5) is 5.69 Å². The van der Waals surface area contributed by atoms with Crippen molar-refractivity contribution < 1.29 is 19.1 Å². The lowest BCUT2D eigenvalue weighted by Crippen LogP contribution is -2.30. The molecule has 1 amide bonds. The van der Waals surface area contributed by atoms with E-state index < -0.39 is 24.6 Å². The molecule has 1 N–H and O–H groups in total. The number of rotatable bonds is 6. The molecule has 0 heterocycles. The molecule has 5 nitrogen and oxygen atoms in total. The Morgan fingerprint density at radius 2 is 1.88 bits per heavy atom. The standard InChI is InChI=1S/C19H19Cl2NO4/c1-11-5-4-6-16(12(11)2)22-18(23)10-25-19(24)13(3)26-17-8-7-14(20)9-15(17)21/h4-9,13H,10H2,1-3H3,(H,22,23). The second-order valence-electron chi connectivity index (χ2n) is 5.74. The topological polar surface area (TPSA) is 64.6 Å². The highest BCUT2D eigenvalue weighted by molar-refractivity contribution is 6.35. The fraction of sp³-hybridized carbons (Fsp3) is 0.263. The highest BCUT2D eigenvalue weighted by Crippen LogP contribution is 2.28. The molecule has 0 saturated heterocycles. The molecule has 26 heavy (non-hydrogen) atoms. The van der Waals surface area contributed by atoms with Crippen molar-refractivity contribution in [3.05, 3.63) is 57.6 Å². The van der Waals surface area contributed by atoms with Crippen LogP contribution in [0.2, 0.25) is 10.0 Å². The Bertz CT molecular complexity index is 823. The molecule has 7 heteroatoms. The number of benzene rings is 2. The first-order chi connectivity index (χ1) is 12.3. The largest absolute Gasteiger partial charge is 0.477 e. The Hall–Kier alpha value is -2.24. The van der Waals surface area contributed by atoms with Gasteiger partial charge in [-0.25, -0.2) is 4.79 Å². The van der Waals surface area contributed by atoms with Crippen LogP contribution >= 0.6 is 23.2 Å². The third-order valence-corrected chi connectivity index (χ3v) is 4.28. The summed E-state index contributed by atoms with van der Waals surface area (Å²) >= 11 is 11.8. The molecule has 0 radical (unpaired) electrons. The van der Waals surface area contributed by atoms with E-state index >= 15 is 0 Å². The van der Waals surface area contributed by atoms with E-state index in [4.69, 9.17) is 32.7 Å². The highest BCUT2D eigenvalue weighted by atomic mass is 35.5. The maximum absolute atomic E-state index is 12.0. The maximum atomic E-state index is 12.0. The van der Waals surface area contributed by atoms with E-state index in [1.165, 1.54) is 13.0 Å². The SMILES string of the molecule is Cc1cccc(NC(=O)COC(=O)C(C)Oc2ccc(Cl)cc2Cl)c1C. The van der Waals surface area contributed by atoms with Gasteiger partial charge < -0.3 is 14.8 Å². The van der Waals surface area contributed by atoms with Crippen molar-refractivity contribution in [1.82, 2.24) is 0 Å². The molecule has 0 aliphatic rings. The van der Waals surface area contributed by atoms with Crippen molar-refractivity contribution in [3.8, 4) is 5.75 Å². The molecule has 1 atom stereocenters. The van der Waals surface area contributed by atoms with Crippen LogP contribution in [-0.2, 0) is 14.3 Å². The summed E-state index contributed by atoms with van der Waals surface area (Å²) in [4.78, 5) is 24.0. The van der Waals surface area contributed by atoms with E-state index in [0.29, 0.717) is 16.5 Å². The van der Waals surface area contributed by atoms with Gasteiger partial charge in [0.15, 0.2) is 12.7 Å². The van der Waals surface area contributed by atoms with E-state index in [-0.39, 0.29) is 5.02 Å². The maximum Gasteiger partial charge on any atom is 0.347 e. The van der Waals surface area contributed by atoms with Crippen molar-refractivity contribution in [2.24, 2.45) is 0 Å². The van der Waals surface area contributed by atoms with Crippen LogP contribution in [0.5, 0.6) is 5.75 Å². The number of anilines is 1. The van der Waals surface area contributed by atoms with Crippen LogP contribution < -0.4 is 10.1 Å². The minimum absolute atomic E-state index is 0.282. The van der Waals surface area contributed by atoms with Gasteiger partial charge >= 0.3 is 5.97 Å². The van der Waals surface area contributed by atoms with Gasteiger partial charge in [-0.1, -0.05) is 35.3 Å². The summed E-state index contributed by atoms with van der Waals surface area (Å²) in [6, 6.07) is 10.2. The van der Waals surface area contributed by atoms with Gasteiger partial charge in [0.2, 0.25) is 0 Å². The average molecular weight is 396 g/mol. The fourth-order valence-electron chi connectivity index (χ4n) is 2.14. The fourth-order valence-corrected chi connectivity index (χ4v) is 2.59. The van der Waals surface area contributed by atoms with Crippen LogP contribution in [0.1, 0.15) is 18.1 Å². The number of carbonyl (C=O) groups excluding carboxylic acids is 2. The van der Waals surface area contributed by atoms with Crippen LogP contribution in [0, 0.1) is 13.8 Å². The van der Waals surface area contributed by atoms with E-state index in [1.54, 1.807) is 18.2 Å².